The van der Waals surface area contributed by atoms with Crippen LogP contribution >= 0.6 is 11.6 Å². The molecule has 0 heterocycles. The van der Waals surface area contributed by atoms with Crippen molar-refractivity contribution < 1.29 is 0 Å². The zero-order chi connectivity index (χ0) is 9.78. The minimum absolute atomic E-state index is 0.819. The van der Waals surface area contributed by atoms with Crippen molar-refractivity contribution in [2.24, 2.45) is 0 Å². The van der Waals surface area contributed by atoms with Gasteiger partial charge in [0.15, 0.2) is 0 Å². The molecule has 0 spiro atoms. The highest BCUT2D eigenvalue weighted by atomic mass is 35.5. The van der Waals surface area contributed by atoms with Gasteiger partial charge >= 0.3 is 0 Å². The summed E-state index contributed by atoms with van der Waals surface area (Å²) >= 11 is 5.58. The minimum atomic E-state index is 0.819. The molecule has 0 aliphatic carbocycles. The van der Waals surface area contributed by atoms with Crippen LogP contribution in [-0.4, -0.2) is 5.88 Å². The van der Waals surface area contributed by atoms with Gasteiger partial charge < -0.3 is 0 Å². The zero-order valence-corrected chi connectivity index (χ0v) is 9.20. The third-order valence-electron chi connectivity index (χ3n) is 2.06. The molecule has 0 aromatic heterocycles. The average molecular weight is 200 g/mol. The van der Waals surface area contributed by atoms with Crippen molar-refractivity contribution in [3.63, 3.8) is 0 Å². The third-order valence-corrected chi connectivity index (χ3v) is 2.33. The van der Waals surface area contributed by atoms with Crippen LogP contribution in [0.1, 0.15) is 51.4 Å². The van der Waals surface area contributed by atoms with Crippen LogP contribution in [0.4, 0.5) is 0 Å². The second kappa shape index (κ2) is 11.8. The first-order valence-corrected chi connectivity index (χ1v) is 5.76. The standard InChI is InChI=1S/C12H20Cl/c1-2-3-4-5-6-7-8-9-10-11-12-13/h1,4-12H2. The molecular weight excluding hydrogens is 180 g/mol. The molecule has 0 saturated heterocycles. The van der Waals surface area contributed by atoms with Crippen molar-refractivity contribution in [1.82, 2.24) is 0 Å². The first-order chi connectivity index (χ1) is 6.41. The summed E-state index contributed by atoms with van der Waals surface area (Å²) in [6, 6.07) is 0. The van der Waals surface area contributed by atoms with Crippen LogP contribution in [0.2, 0.25) is 0 Å². The Labute approximate surface area is 88.1 Å². The Balaban J connectivity index is 2.86. The number of halogens is 1. The second-order valence-corrected chi connectivity index (χ2v) is 3.65. The van der Waals surface area contributed by atoms with Gasteiger partial charge in [-0.3, -0.25) is 0 Å². The van der Waals surface area contributed by atoms with Gasteiger partial charge in [0.1, 0.15) is 0 Å². The van der Waals surface area contributed by atoms with Gasteiger partial charge in [-0.1, -0.05) is 32.1 Å². The lowest BCUT2D eigenvalue weighted by Gasteiger charge is -1.98. The quantitative estimate of drug-likeness (QED) is 0.313. The first-order valence-electron chi connectivity index (χ1n) is 5.22. The fourth-order valence-corrected chi connectivity index (χ4v) is 1.47. The summed E-state index contributed by atoms with van der Waals surface area (Å²) in [5.41, 5.74) is 0. The topological polar surface area (TPSA) is 0 Å². The molecule has 0 aliphatic rings. The molecule has 0 fully saturated rings. The molecule has 0 amide bonds. The maximum absolute atomic E-state index is 5.58. The molecule has 1 heteroatoms. The Bertz CT molecular complexity index is 141. The molecule has 0 aliphatic heterocycles. The van der Waals surface area contributed by atoms with Crippen LogP contribution in [0, 0.1) is 18.8 Å². The van der Waals surface area contributed by atoms with Gasteiger partial charge in [0.25, 0.3) is 0 Å². The summed E-state index contributed by atoms with van der Waals surface area (Å²) in [6.07, 6.45) is 10.1. The SMILES string of the molecule is [CH2]C#CCCCCCCCCCCl. The maximum atomic E-state index is 5.58. The van der Waals surface area contributed by atoms with Gasteiger partial charge in [0.2, 0.25) is 0 Å². The fraction of sp³-hybridized carbons (Fsp3) is 0.750. The lowest BCUT2D eigenvalue weighted by Crippen LogP contribution is -1.81. The number of hydrogen-bond donors (Lipinski definition) is 0. The van der Waals surface area contributed by atoms with E-state index in [1.165, 1.54) is 44.9 Å². The molecule has 0 bridgehead atoms. The summed E-state index contributed by atoms with van der Waals surface area (Å²) < 4.78 is 0. The van der Waals surface area contributed by atoms with Gasteiger partial charge in [0, 0.05) is 19.2 Å². The Morgan fingerprint density at radius 2 is 1.38 bits per heavy atom. The van der Waals surface area contributed by atoms with Crippen molar-refractivity contribution >= 4 is 11.6 Å². The van der Waals surface area contributed by atoms with Crippen molar-refractivity contribution in [1.29, 1.82) is 0 Å². The highest BCUT2D eigenvalue weighted by molar-refractivity contribution is 6.17. The van der Waals surface area contributed by atoms with Crippen molar-refractivity contribution in [3.8, 4) is 11.8 Å². The van der Waals surface area contributed by atoms with Crippen LogP contribution in [0.5, 0.6) is 0 Å². The van der Waals surface area contributed by atoms with Gasteiger partial charge in [0.05, 0.1) is 0 Å². The van der Waals surface area contributed by atoms with E-state index in [2.05, 4.69) is 18.8 Å². The number of alkyl halides is 1. The minimum Gasteiger partial charge on any atom is -0.127 e. The molecule has 0 N–H and O–H groups in total. The summed E-state index contributed by atoms with van der Waals surface area (Å²) in [7, 11) is 0. The van der Waals surface area contributed by atoms with Gasteiger partial charge in [-0.15, -0.1) is 23.4 Å². The lowest BCUT2D eigenvalue weighted by atomic mass is 10.1. The van der Waals surface area contributed by atoms with E-state index in [9.17, 15) is 0 Å². The molecule has 13 heavy (non-hydrogen) atoms. The van der Waals surface area contributed by atoms with Crippen LogP contribution in [0.25, 0.3) is 0 Å². The molecule has 0 unspecified atom stereocenters. The monoisotopic (exact) mass is 199 g/mol. The van der Waals surface area contributed by atoms with Gasteiger partial charge in [-0.05, 0) is 12.8 Å². The van der Waals surface area contributed by atoms with Crippen molar-refractivity contribution in [2.75, 3.05) is 5.88 Å². The lowest BCUT2D eigenvalue weighted by molar-refractivity contribution is 0.595. The number of unbranched alkanes of at least 4 members (excludes halogenated alkanes) is 7. The van der Waals surface area contributed by atoms with Crippen LogP contribution in [-0.2, 0) is 0 Å². The van der Waals surface area contributed by atoms with E-state index in [1.807, 2.05) is 0 Å². The molecule has 0 rings (SSSR count). The highest BCUT2D eigenvalue weighted by Crippen LogP contribution is 2.08. The summed E-state index contributed by atoms with van der Waals surface area (Å²) in [5, 5.41) is 0. The van der Waals surface area contributed by atoms with E-state index in [0.717, 1.165) is 12.3 Å². The van der Waals surface area contributed by atoms with E-state index in [0.29, 0.717) is 0 Å². The van der Waals surface area contributed by atoms with Gasteiger partial charge in [-0.25, -0.2) is 0 Å². The van der Waals surface area contributed by atoms with E-state index < -0.39 is 0 Å². The zero-order valence-electron chi connectivity index (χ0n) is 8.45. The first kappa shape index (κ1) is 12.8. The maximum Gasteiger partial charge on any atom is 0.0223 e. The largest absolute Gasteiger partial charge is 0.127 e. The second-order valence-electron chi connectivity index (χ2n) is 3.27. The normalized spacial score (nSPS) is 9.38. The van der Waals surface area contributed by atoms with E-state index in [-0.39, 0.29) is 0 Å². The molecule has 0 aromatic rings. The average Bonchev–Trinajstić information content (AvgIpc) is 2.16. The van der Waals surface area contributed by atoms with E-state index >= 15 is 0 Å². The van der Waals surface area contributed by atoms with Crippen molar-refractivity contribution in [3.05, 3.63) is 6.92 Å². The smallest absolute Gasteiger partial charge is 0.0223 e. The van der Waals surface area contributed by atoms with E-state index in [1.54, 1.807) is 0 Å². The number of hydrogen-bond acceptors (Lipinski definition) is 0. The highest BCUT2D eigenvalue weighted by Gasteiger charge is 1.90. The summed E-state index contributed by atoms with van der Waals surface area (Å²) in [5.74, 6) is 6.47. The molecule has 0 nitrogen and oxygen atoms in total. The molecule has 0 saturated carbocycles. The predicted molar refractivity (Wildman–Crippen MR) is 60.8 cm³/mol. The Morgan fingerprint density at radius 3 is 1.92 bits per heavy atom. The molecule has 0 aromatic carbocycles. The molecule has 1 radical (unpaired) electrons. The summed E-state index contributed by atoms with van der Waals surface area (Å²) in [4.78, 5) is 0. The Hall–Kier alpha value is -0.150. The van der Waals surface area contributed by atoms with Crippen LogP contribution < -0.4 is 0 Å². The van der Waals surface area contributed by atoms with E-state index in [4.69, 9.17) is 11.6 Å². The molecular formula is C12H20Cl. The summed E-state index contributed by atoms with van der Waals surface area (Å²) in [6.45, 7) is 3.48. The number of rotatable bonds is 8. The van der Waals surface area contributed by atoms with Gasteiger partial charge in [-0.2, -0.15) is 0 Å². The molecule has 0 atom stereocenters. The van der Waals surface area contributed by atoms with Crippen LogP contribution in [0.15, 0.2) is 0 Å². The predicted octanol–water partition coefficient (Wildman–Crippen LogP) is 4.18. The Morgan fingerprint density at radius 1 is 0.846 bits per heavy atom. The van der Waals surface area contributed by atoms with Crippen molar-refractivity contribution in [2.45, 2.75) is 51.4 Å². The third kappa shape index (κ3) is 11.9. The fourth-order valence-electron chi connectivity index (χ4n) is 1.28. The Kier molecular flexibility index (Phi) is 11.7. The molecule has 75 valence electrons. The van der Waals surface area contributed by atoms with Crippen LogP contribution in [0.3, 0.4) is 0 Å².